The molecule has 0 amide bonds. The fourth-order valence-electron chi connectivity index (χ4n) is 3.16. The predicted molar refractivity (Wildman–Crippen MR) is 84.4 cm³/mol. The van der Waals surface area contributed by atoms with Gasteiger partial charge in [0.2, 0.25) is 0 Å². The molecule has 1 heterocycles. The number of benzene rings is 1. The molecule has 3 rings (SSSR count). The van der Waals surface area contributed by atoms with Crippen LogP contribution >= 0.6 is 11.6 Å². The minimum Gasteiger partial charge on any atom is -0.493 e. The van der Waals surface area contributed by atoms with Crippen molar-refractivity contribution < 1.29 is 9.47 Å². The Bertz CT molecular complexity index is 674. The third-order valence-corrected chi connectivity index (χ3v) is 4.74. The van der Waals surface area contributed by atoms with Gasteiger partial charge in [0, 0.05) is 17.7 Å². The van der Waals surface area contributed by atoms with Gasteiger partial charge in [0.1, 0.15) is 5.82 Å². The molecular formula is C16H21ClN2O2. The second-order valence-corrected chi connectivity index (χ2v) is 6.39. The average Bonchev–Trinajstić information content (AvgIpc) is 3.27. The fraction of sp³-hybridized carbons (Fsp3) is 0.562. The lowest BCUT2D eigenvalue weighted by molar-refractivity contribution is 0.306. The van der Waals surface area contributed by atoms with E-state index in [1.165, 1.54) is 12.8 Å². The molecule has 0 spiro atoms. The van der Waals surface area contributed by atoms with Crippen molar-refractivity contribution >= 4 is 22.6 Å². The molecule has 114 valence electrons. The SMILES string of the molecule is COc1cc2nc(CCl)n(C(C)(C)C3CC3)c2cc1OC. The van der Waals surface area contributed by atoms with Crippen molar-refractivity contribution in [1.82, 2.24) is 9.55 Å². The van der Waals surface area contributed by atoms with Crippen molar-refractivity contribution in [3.63, 3.8) is 0 Å². The Labute approximate surface area is 130 Å². The smallest absolute Gasteiger partial charge is 0.163 e. The molecule has 1 aromatic heterocycles. The van der Waals surface area contributed by atoms with Crippen LogP contribution in [0.3, 0.4) is 0 Å². The molecule has 0 aliphatic heterocycles. The van der Waals surface area contributed by atoms with Crippen molar-refractivity contribution in [2.45, 2.75) is 38.1 Å². The molecule has 2 aromatic rings. The standard InChI is InChI=1S/C16H21ClN2O2/c1-16(2,10-5-6-10)19-12-8-14(21-4)13(20-3)7-11(12)18-15(19)9-17/h7-8,10H,5-6,9H2,1-4H3. The fourth-order valence-corrected chi connectivity index (χ4v) is 3.34. The number of rotatable bonds is 5. The van der Waals surface area contributed by atoms with Gasteiger partial charge in [0.05, 0.1) is 31.1 Å². The summed E-state index contributed by atoms with van der Waals surface area (Å²) in [5.41, 5.74) is 1.97. The highest BCUT2D eigenvalue weighted by Crippen LogP contribution is 2.46. The van der Waals surface area contributed by atoms with Crippen LogP contribution in [0.5, 0.6) is 11.5 Å². The van der Waals surface area contributed by atoms with E-state index >= 15 is 0 Å². The second-order valence-electron chi connectivity index (χ2n) is 6.12. The normalized spacial score (nSPS) is 15.5. The Kier molecular flexibility index (Phi) is 3.52. The van der Waals surface area contributed by atoms with Crippen LogP contribution in [0.15, 0.2) is 12.1 Å². The Hall–Kier alpha value is -1.42. The summed E-state index contributed by atoms with van der Waals surface area (Å²) in [7, 11) is 3.29. The summed E-state index contributed by atoms with van der Waals surface area (Å²) in [4.78, 5) is 4.69. The van der Waals surface area contributed by atoms with Gasteiger partial charge in [-0.25, -0.2) is 4.98 Å². The van der Waals surface area contributed by atoms with Crippen LogP contribution in [0.4, 0.5) is 0 Å². The van der Waals surface area contributed by atoms with Crippen molar-refractivity contribution in [3.05, 3.63) is 18.0 Å². The lowest BCUT2D eigenvalue weighted by Crippen LogP contribution is -2.30. The van der Waals surface area contributed by atoms with Crippen LogP contribution in [0.25, 0.3) is 11.0 Å². The summed E-state index contributed by atoms with van der Waals surface area (Å²) in [6.07, 6.45) is 2.53. The van der Waals surface area contributed by atoms with E-state index in [4.69, 9.17) is 21.1 Å². The first kappa shape index (κ1) is 14.5. The van der Waals surface area contributed by atoms with E-state index in [1.54, 1.807) is 14.2 Å². The minimum atomic E-state index is 0.0125. The largest absolute Gasteiger partial charge is 0.493 e. The number of aromatic nitrogens is 2. The number of hydrogen-bond donors (Lipinski definition) is 0. The number of imidazole rings is 1. The van der Waals surface area contributed by atoms with Crippen molar-refractivity contribution in [2.75, 3.05) is 14.2 Å². The second kappa shape index (κ2) is 5.09. The van der Waals surface area contributed by atoms with Crippen LogP contribution in [-0.4, -0.2) is 23.8 Å². The van der Waals surface area contributed by atoms with Crippen LogP contribution in [0, 0.1) is 5.92 Å². The summed E-state index contributed by atoms with van der Waals surface area (Å²) in [6.45, 7) is 4.52. The number of fused-ring (bicyclic) bond motifs is 1. The van der Waals surface area contributed by atoms with E-state index < -0.39 is 0 Å². The topological polar surface area (TPSA) is 36.3 Å². The first-order valence-corrected chi connectivity index (χ1v) is 7.76. The van der Waals surface area contributed by atoms with Gasteiger partial charge in [0.25, 0.3) is 0 Å². The molecule has 0 saturated heterocycles. The summed E-state index contributed by atoms with van der Waals surface area (Å²) in [6, 6.07) is 3.92. The van der Waals surface area contributed by atoms with Crippen molar-refractivity contribution in [3.8, 4) is 11.5 Å². The van der Waals surface area contributed by atoms with Gasteiger partial charge in [-0.1, -0.05) is 0 Å². The highest BCUT2D eigenvalue weighted by molar-refractivity contribution is 6.16. The van der Waals surface area contributed by atoms with E-state index in [0.29, 0.717) is 17.5 Å². The third-order valence-electron chi connectivity index (χ3n) is 4.50. The zero-order chi connectivity index (χ0) is 15.2. The molecular weight excluding hydrogens is 288 g/mol. The summed E-state index contributed by atoms with van der Waals surface area (Å²) < 4.78 is 13.1. The molecule has 1 fully saturated rings. The lowest BCUT2D eigenvalue weighted by atomic mass is 9.97. The summed E-state index contributed by atoms with van der Waals surface area (Å²) in [5.74, 6) is 3.40. The minimum absolute atomic E-state index is 0.0125. The number of nitrogens with zero attached hydrogens (tertiary/aromatic N) is 2. The zero-order valence-electron chi connectivity index (χ0n) is 12.9. The van der Waals surface area contributed by atoms with E-state index in [2.05, 4.69) is 23.4 Å². The van der Waals surface area contributed by atoms with Gasteiger partial charge < -0.3 is 14.0 Å². The maximum absolute atomic E-state index is 6.14. The highest BCUT2D eigenvalue weighted by atomic mass is 35.5. The lowest BCUT2D eigenvalue weighted by Gasteiger charge is -2.29. The van der Waals surface area contributed by atoms with E-state index in [0.717, 1.165) is 22.6 Å². The van der Waals surface area contributed by atoms with Gasteiger partial charge in [-0.3, -0.25) is 0 Å². The molecule has 0 atom stereocenters. The molecule has 1 aliphatic rings. The van der Waals surface area contributed by atoms with E-state index in [-0.39, 0.29) is 5.54 Å². The zero-order valence-corrected chi connectivity index (χ0v) is 13.7. The van der Waals surface area contributed by atoms with Crippen molar-refractivity contribution in [1.29, 1.82) is 0 Å². The number of halogens is 1. The van der Waals surface area contributed by atoms with Crippen LogP contribution in [0.2, 0.25) is 0 Å². The van der Waals surface area contributed by atoms with Gasteiger partial charge >= 0.3 is 0 Å². The Morgan fingerprint density at radius 2 is 1.86 bits per heavy atom. The molecule has 0 bridgehead atoms. The van der Waals surface area contributed by atoms with Crippen LogP contribution in [-0.2, 0) is 11.4 Å². The monoisotopic (exact) mass is 308 g/mol. The molecule has 0 radical (unpaired) electrons. The molecule has 0 unspecified atom stereocenters. The van der Waals surface area contributed by atoms with E-state index in [1.807, 2.05) is 12.1 Å². The molecule has 21 heavy (non-hydrogen) atoms. The van der Waals surface area contributed by atoms with Crippen LogP contribution in [0.1, 0.15) is 32.5 Å². The summed E-state index contributed by atoms with van der Waals surface area (Å²) in [5, 5.41) is 0. The van der Waals surface area contributed by atoms with E-state index in [9.17, 15) is 0 Å². The van der Waals surface area contributed by atoms with Gasteiger partial charge in [-0.05, 0) is 32.6 Å². The quantitative estimate of drug-likeness (QED) is 0.785. The Balaban J connectivity index is 2.26. The van der Waals surface area contributed by atoms with Crippen LogP contribution < -0.4 is 9.47 Å². The van der Waals surface area contributed by atoms with Crippen molar-refractivity contribution in [2.24, 2.45) is 5.92 Å². The summed E-state index contributed by atoms with van der Waals surface area (Å²) >= 11 is 6.14. The highest BCUT2D eigenvalue weighted by Gasteiger charge is 2.41. The maximum atomic E-state index is 6.14. The number of methoxy groups -OCH3 is 2. The third kappa shape index (κ3) is 2.26. The number of ether oxygens (including phenoxy) is 2. The molecule has 1 aliphatic carbocycles. The average molecular weight is 309 g/mol. The van der Waals surface area contributed by atoms with Gasteiger partial charge in [-0.2, -0.15) is 0 Å². The molecule has 1 saturated carbocycles. The number of alkyl halides is 1. The Morgan fingerprint density at radius 3 is 2.38 bits per heavy atom. The molecule has 0 N–H and O–H groups in total. The maximum Gasteiger partial charge on any atom is 0.163 e. The van der Waals surface area contributed by atoms with Gasteiger partial charge in [0.15, 0.2) is 11.5 Å². The molecule has 4 nitrogen and oxygen atoms in total. The first-order chi connectivity index (χ1) is 10.0. The van der Waals surface area contributed by atoms with Gasteiger partial charge in [-0.15, -0.1) is 11.6 Å². The number of hydrogen-bond acceptors (Lipinski definition) is 3. The first-order valence-electron chi connectivity index (χ1n) is 7.22. The predicted octanol–water partition coefficient (Wildman–Crippen LogP) is 3.94. The molecule has 1 aromatic carbocycles. The Morgan fingerprint density at radius 1 is 1.24 bits per heavy atom. The molecule has 5 heteroatoms.